The van der Waals surface area contributed by atoms with Gasteiger partial charge in [0.2, 0.25) is 0 Å². The van der Waals surface area contributed by atoms with Gasteiger partial charge in [-0.05, 0) is 49.6 Å². The lowest BCUT2D eigenvalue weighted by molar-refractivity contribution is -0.151. The van der Waals surface area contributed by atoms with Crippen LogP contribution in [0.25, 0.3) is 11.1 Å². The SMILES string of the molecule is CC1(C(=O)O)CCCN(Cc2ccc(NC(=O)c3cccc(-c4ccccc4)c3Cl)nc2)C1. The number of pyridine rings is 1. The first-order valence-electron chi connectivity index (χ1n) is 10.9. The molecule has 4 rings (SSSR count). The lowest BCUT2D eigenvalue weighted by atomic mass is 9.82. The molecule has 1 aromatic heterocycles. The van der Waals surface area contributed by atoms with Gasteiger partial charge in [-0.3, -0.25) is 14.5 Å². The van der Waals surface area contributed by atoms with Gasteiger partial charge in [0, 0.05) is 24.8 Å². The zero-order valence-electron chi connectivity index (χ0n) is 18.4. The molecule has 170 valence electrons. The second-order valence-electron chi connectivity index (χ2n) is 8.72. The molecule has 1 aliphatic heterocycles. The fraction of sp³-hybridized carbons (Fsp3) is 0.269. The predicted molar refractivity (Wildman–Crippen MR) is 129 cm³/mol. The first kappa shape index (κ1) is 23.0. The van der Waals surface area contributed by atoms with E-state index in [-0.39, 0.29) is 5.91 Å². The minimum Gasteiger partial charge on any atom is -0.481 e. The number of aliphatic carboxylic acids is 1. The Morgan fingerprint density at radius 3 is 2.61 bits per heavy atom. The predicted octanol–water partition coefficient (Wildman–Crippen LogP) is 5.34. The molecule has 1 aliphatic rings. The van der Waals surface area contributed by atoms with Crippen LogP contribution in [-0.4, -0.2) is 40.0 Å². The number of amides is 1. The van der Waals surface area contributed by atoms with Crippen molar-refractivity contribution in [2.75, 3.05) is 18.4 Å². The molecule has 7 heteroatoms. The molecular weight excluding hydrogens is 438 g/mol. The average Bonchev–Trinajstić information content (AvgIpc) is 2.81. The first-order chi connectivity index (χ1) is 15.9. The molecule has 0 saturated carbocycles. The molecule has 1 fully saturated rings. The molecule has 1 amide bonds. The van der Waals surface area contributed by atoms with Crippen molar-refractivity contribution in [2.24, 2.45) is 5.41 Å². The van der Waals surface area contributed by atoms with Gasteiger partial charge in [-0.1, -0.05) is 60.1 Å². The third-order valence-electron chi connectivity index (χ3n) is 6.09. The molecular formula is C26H26ClN3O3. The number of nitrogens with zero attached hydrogens (tertiary/aromatic N) is 2. The van der Waals surface area contributed by atoms with Crippen molar-refractivity contribution in [3.05, 3.63) is 83.0 Å². The van der Waals surface area contributed by atoms with Crippen LogP contribution >= 0.6 is 11.6 Å². The molecule has 0 aliphatic carbocycles. The number of hydrogen-bond donors (Lipinski definition) is 2. The minimum absolute atomic E-state index is 0.328. The first-order valence-corrected chi connectivity index (χ1v) is 11.3. The Morgan fingerprint density at radius 2 is 1.91 bits per heavy atom. The van der Waals surface area contributed by atoms with Crippen molar-refractivity contribution in [1.29, 1.82) is 0 Å². The number of anilines is 1. The van der Waals surface area contributed by atoms with Crippen LogP contribution < -0.4 is 5.32 Å². The smallest absolute Gasteiger partial charge is 0.310 e. The van der Waals surface area contributed by atoms with Gasteiger partial charge in [-0.2, -0.15) is 0 Å². The number of rotatable bonds is 6. The quantitative estimate of drug-likeness (QED) is 0.515. The van der Waals surface area contributed by atoms with Gasteiger partial charge in [0.15, 0.2) is 0 Å². The Hall–Kier alpha value is -3.22. The Balaban J connectivity index is 1.42. The molecule has 1 saturated heterocycles. The zero-order chi connectivity index (χ0) is 23.4. The van der Waals surface area contributed by atoms with Crippen LogP contribution in [0.2, 0.25) is 5.02 Å². The number of hydrogen-bond acceptors (Lipinski definition) is 4. The highest BCUT2D eigenvalue weighted by Crippen LogP contribution is 2.32. The summed E-state index contributed by atoms with van der Waals surface area (Å²) in [5.41, 5.74) is 2.36. The van der Waals surface area contributed by atoms with E-state index in [1.807, 2.05) is 48.5 Å². The Morgan fingerprint density at radius 1 is 1.12 bits per heavy atom. The van der Waals surface area contributed by atoms with Crippen molar-refractivity contribution in [1.82, 2.24) is 9.88 Å². The summed E-state index contributed by atoms with van der Waals surface area (Å²) in [4.78, 5) is 30.9. The largest absolute Gasteiger partial charge is 0.481 e. The van der Waals surface area contributed by atoms with Crippen molar-refractivity contribution in [3.8, 4) is 11.1 Å². The highest BCUT2D eigenvalue weighted by Gasteiger charge is 2.37. The van der Waals surface area contributed by atoms with Gasteiger partial charge in [0.05, 0.1) is 16.0 Å². The van der Waals surface area contributed by atoms with E-state index in [1.54, 1.807) is 25.3 Å². The summed E-state index contributed by atoms with van der Waals surface area (Å²) in [7, 11) is 0. The lowest BCUT2D eigenvalue weighted by Crippen LogP contribution is -2.45. The van der Waals surface area contributed by atoms with Gasteiger partial charge < -0.3 is 10.4 Å². The maximum Gasteiger partial charge on any atom is 0.310 e. The van der Waals surface area contributed by atoms with Gasteiger partial charge in [-0.25, -0.2) is 4.98 Å². The summed E-state index contributed by atoms with van der Waals surface area (Å²) in [5, 5.41) is 12.7. The van der Waals surface area contributed by atoms with Crippen LogP contribution in [0, 0.1) is 5.41 Å². The number of benzene rings is 2. The highest BCUT2D eigenvalue weighted by molar-refractivity contribution is 6.37. The Labute approximate surface area is 198 Å². The molecule has 6 nitrogen and oxygen atoms in total. The van der Waals surface area contributed by atoms with E-state index in [2.05, 4.69) is 15.2 Å². The summed E-state index contributed by atoms with van der Waals surface area (Å²) in [6, 6.07) is 18.7. The number of nitrogens with one attached hydrogen (secondary N) is 1. The highest BCUT2D eigenvalue weighted by atomic mass is 35.5. The van der Waals surface area contributed by atoms with E-state index in [1.165, 1.54) is 0 Å². The second kappa shape index (κ2) is 9.73. The summed E-state index contributed by atoms with van der Waals surface area (Å²) in [6.45, 7) is 3.79. The van der Waals surface area contributed by atoms with Crippen molar-refractivity contribution < 1.29 is 14.7 Å². The number of likely N-dealkylation sites (tertiary alicyclic amines) is 1. The number of halogens is 1. The van der Waals surface area contributed by atoms with E-state index in [4.69, 9.17) is 11.6 Å². The van der Waals surface area contributed by atoms with Crippen LogP contribution in [0.1, 0.15) is 35.7 Å². The second-order valence-corrected chi connectivity index (χ2v) is 9.10. The average molecular weight is 464 g/mol. The van der Waals surface area contributed by atoms with E-state index in [0.29, 0.717) is 35.9 Å². The molecule has 33 heavy (non-hydrogen) atoms. The van der Waals surface area contributed by atoms with Crippen molar-refractivity contribution in [2.45, 2.75) is 26.3 Å². The van der Waals surface area contributed by atoms with Crippen LogP contribution in [0.4, 0.5) is 5.82 Å². The number of carbonyl (C=O) groups excluding carboxylic acids is 1. The van der Waals surface area contributed by atoms with Crippen LogP contribution in [0.5, 0.6) is 0 Å². The molecule has 0 spiro atoms. The van der Waals surface area contributed by atoms with E-state index < -0.39 is 11.4 Å². The molecule has 1 atom stereocenters. The summed E-state index contributed by atoms with van der Waals surface area (Å²) in [6.07, 6.45) is 3.26. The molecule has 1 unspecified atom stereocenters. The molecule has 2 heterocycles. The molecule has 0 bridgehead atoms. The molecule has 2 aromatic carbocycles. The number of carboxylic acids is 1. The van der Waals surface area contributed by atoms with Gasteiger partial charge >= 0.3 is 5.97 Å². The standard InChI is InChI=1S/C26H26ClN3O3/c1-26(25(32)33)13-6-14-30(17-26)16-18-11-12-22(28-15-18)29-24(31)21-10-5-9-20(23(21)27)19-7-3-2-4-8-19/h2-5,7-12,15H,6,13-14,16-17H2,1H3,(H,32,33)(H,28,29,31). The van der Waals surface area contributed by atoms with E-state index in [0.717, 1.165) is 29.7 Å². The molecule has 2 N–H and O–H groups in total. The fourth-order valence-corrected chi connectivity index (χ4v) is 4.56. The fourth-order valence-electron chi connectivity index (χ4n) is 4.24. The number of carbonyl (C=O) groups is 2. The van der Waals surface area contributed by atoms with Gasteiger partial charge in [-0.15, -0.1) is 0 Å². The third kappa shape index (κ3) is 5.24. The number of aromatic nitrogens is 1. The number of piperidine rings is 1. The number of carboxylic acid groups (broad SMARTS) is 1. The maximum atomic E-state index is 12.9. The third-order valence-corrected chi connectivity index (χ3v) is 6.50. The van der Waals surface area contributed by atoms with Crippen LogP contribution in [-0.2, 0) is 11.3 Å². The van der Waals surface area contributed by atoms with E-state index >= 15 is 0 Å². The molecule has 3 aromatic rings. The van der Waals surface area contributed by atoms with Gasteiger partial charge in [0.25, 0.3) is 5.91 Å². The Bertz CT molecular complexity index is 1150. The Kier molecular flexibility index (Phi) is 6.77. The van der Waals surface area contributed by atoms with Crippen LogP contribution in [0.15, 0.2) is 66.9 Å². The van der Waals surface area contributed by atoms with Gasteiger partial charge in [0.1, 0.15) is 5.82 Å². The van der Waals surface area contributed by atoms with E-state index in [9.17, 15) is 14.7 Å². The zero-order valence-corrected chi connectivity index (χ0v) is 19.2. The normalized spacial score (nSPS) is 18.6. The summed E-state index contributed by atoms with van der Waals surface area (Å²) in [5.74, 6) is -0.649. The van der Waals surface area contributed by atoms with Crippen LogP contribution in [0.3, 0.4) is 0 Å². The lowest BCUT2D eigenvalue weighted by Gasteiger charge is -2.37. The van der Waals surface area contributed by atoms with Crippen molar-refractivity contribution in [3.63, 3.8) is 0 Å². The molecule has 0 radical (unpaired) electrons. The summed E-state index contributed by atoms with van der Waals surface area (Å²) >= 11 is 6.55. The maximum absolute atomic E-state index is 12.9. The minimum atomic E-state index is -0.752. The van der Waals surface area contributed by atoms with Crippen molar-refractivity contribution >= 4 is 29.3 Å². The summed E-state index contributed by atoms with van der Waals surface area (Å²) < 4.78 is 0. The topological polar surface area (TPSA) is 82.5 Å². The monoisotopic (exact) mass is 463 g/mol.